The van der Waals surface area contributed by atoms with Crippen molar-refractivity contribution in [3.8, 4) is 11.3 Å². The van der Waals surface area contributed by atoms with Gasteiger partial charge in [0.1, 0.15) is 5.60 Å². The van der Waals surface area contributed by atoms with Crippen molar-refractivity contribution in [1.82, 2.24) is 24.9 Å². The van der Waals surface area contributed by atoms with Gasteiger partial charge in [-0.1, -0.05) is 11.6 Å². The van der Waals surface area contributed by atoms with E-state index >= 15 is 0 Å². The molecule has 1 saturated heterocycles. The van der Waals surface area contributed by atoms with Crippen molar-refractivity contribution in [1.29, 1.82) is 0 Å². The molecule has 32 heavy (non-hydrogen) atoms. The van der Waals surface area contributed by atoms with E-state index in [1.165, 1.54) is 6.20 Å². The molecule has 170 valence electrons. The highest BCUT2D eigenvalue weighted by atomic mass is 35.5. The Bertz CT molecular complexity index is 1150. The lowest BCUT2D eigenvalue weighted by Gasteiger charge is -2.41. The Kier molecular flexibility index (Phi) is 5.94. The fourth-order valence-corrected chi connectivity index (χ4v) is 4.14. The zero-order valence-corrected chi connectivity index (χ0v) is 20.0. The largest absolute Gasteiger partial charge is 0.444 e. The molecule has 0 atom stereocenters. The van der Waals surface area contributed by atoms with Gasteiger partial charge in [0.15, 0.2) is 0 Å². The van der Waals surface area contributed by atoms with Gasteiger partial charge in [-0.15, -0.1) is 0 Å². The van der Waals surface area contributed by atoms with Gasteiger partial charge in [-0.05, 0) is 64.3 Å². The Labute approximate surface area is 196 Å². The number of halogens is 2. The summed E-state index contributed by atoms with van der Waals surface area (Å²) in [6.45, 7) is 9.26. The van der Waals surface area contributed by atoms with Crippen LogP contribution in [-0.4, -0.2) is 49.9 Å². The summed E-state index contributed by atoms with van der Waals surface area (Å²) in [5.41, 5.74) is 2.46. The zero-order chi connectivity index (χ0) is 23.1. The molecule has 1 aliphatic heterocycles. The number of carbonyl (C=O) groups is 1. The number of aromatic nitrogens is 4. The predicted molar refractivity (Wildman–Crippen MR) is 125 cm³/mol. The molecule has 4 heterocycles. The standard InChI is InChI=1S/C22H26Cl2N6O2/c1-21(2,3)32-20(31)28-22(4)7-9-29(10-8-22)14-5-6-17-15(11-26-30(17)13-14)18-16(23)12-25-19(24)27-18/h5-6,11-13H,7-10H2,1-4H3,(H,28,31). The third-order valence-electron chi connectivity index (χ3n) is 5.51. The molecule has 3 aromatic heterocycles. The second-order valence-corrected chi connectivity index (χ2v) is 10.0. The molecule has 0 bridgehead atoms. The number of piperidine rings is 1. The Morgan fingerprint density at radius 2 is 1.91 bits per heavy atom. The van der Waals surface area contributed by atoms with Crippen LogP contribution in [0.3, 0.4) is 0 Å². The van der Waals surface area contributed by atoms with E-state index in [2.05, 4.69) is 38.3 Å². The van der Waals surface area contributed by atoms with Crippen molar-refractivity contribution in [2.24, 2.45) is 0 Å². The smallest absolute Gasteiger partial charge is 0.408 e. The van der Waals surface area contributed by atoms with Crippen LogP contribution in [-0.2, 0) is 4.74 Å². The maximum atomic E-state index is 12.2. The summed E-state index contributed by atoms with van der Waals surface area (Å²) in [6, 6.07) is 4.05. The molecule has 0 radical (unpaired) electrons. The number of rotatable bonds is 3. The number of pyridine rings is 1. The van der Waals surface area contributed by atoms with E-state index in [1.807, 2.05) is 37.5 Å². The van der Waals surface area contributed by atoms with Crippen molar-refractivity contribution < 1.29 is 9.53 Å². The maximum Gasteiger partial charge on any atom is 0.408 e. The number of amides is 1. The summed E-state index contributed by atoms with van der Waals surface area (Å²) < 4.78 is 7.23. The van der Waals surface area contributed by atoms with E-state index in [0.717, 1.165) is 42.7 Å². The summed E-state index contributed by atoms with van der Waals surface area (Å²) in [4.78, 5) is 22.7. The van der Waals surface area contributed by atoms with Gasteiger partial charge in [-0.25, -0.2) is 19.3 Å². The monoisotopic (exact) mass is 476 g/mol. The molecule has 0 saturated carbocycles. The van der Waals surface area contributed by atoms with Gasteiger partial charge in [0.05, 0.1) is 40.5 Å². The van der Waals surface area contributed by atoms with Crippen LogP contribution in [0, 0.1) is 0 Å². The summed E-state index contributed by atoms with van der Waals surface area (Å²) in [5.74, 6) is 0. The predicted octanol–water partition coefficient (Wildman–Crippen LogP) is 4.98. The summed E-state index contributed by atoms with van der Waals surface area (Å²) in [5, 5.41) is 8.08. The van der Waals surface area contributed by atoms with Crippen LogP contribution in [0.15, 0.2) is 30.7 Å². The second kappa shape index (κ2) is 8.41. The minimum atomic E-state index is -0.513. The number of nitrogens with zero attached hydrogens (tertiary/aromatic N) is 5. The average Bonchev–Trinajstić information content (AvgIpc) is 3.11. The first-order valence-corrected chi connectivity index (χ1v) is 11.2. The van der Waals surface area contributed by atoms with Gasteiger partial charge in [0.25, 0.3) is 0 Å². The molecule has 1 aliphatic rings. The molecule has 8 nitrogen and oxygen atoms in total. The lowest BCUT2D eigenvalue weighted by molar-refractivity contribution is 0.0448. The molecular formula is C22H26Cl2N6O2. The molecule has 1 N–H and O–H groups in total. The quantitative estimate of drug-likeness (QED) is 0.536. The number of fused-ring (bicyclic) bond motifs is 1. The molecule has 1 fully saturated rings. The van der Waals surface area contributed by atoms with Crippen molar-refractivity contribution in [2.75, 3.05) is 18.0 Å². The minimum absolute atomic E-state index is 0.136. The molecular weight excluding hydrogens is 451 g/mol. The Morgan fingerprint density at radius 1 is 1.19 bits per heavy atom. The van der Waals surface area contributed by atoms with Crippen LogP contribution < -0.4 is 10.2 Å². The Morgan fingerprint density at radius 3 is 2.59 bits per heavy atom. The highest BCUT2D eigenvalue weighted by Gasteiger charge is 2.33. The number of carbonyl (C=O) groups excluding carboxylic acids is 1. The second-order valence-electron chi connectivity index (χ2n) is 9.29. The highest BCUT2D eigenvalue weighted by Crippen LogP contribution is 2.32. The van der Waals surface area contributed by atoms with Crippen molar-refractivity contribution in [3.05, 3.63) is 41.0 Å². The number of alkyl carbamates (subject to hydrolysis) is 1. The summed E-state index contributed by atoms with van der Waals surface area (Å²) in [6.07, 6.45) is 6.44. The van der Waals surface area contributed by atoms with Crippen molar-refractivity contribution in [2.45, 2.75) is 51.7 Å². The Balaban J connectivity index is 1.48. The first-order chi connectivity index (χ1) is 15.0. The Hall–Kier alpha value is -2.58. The first kappa shape index (κ1) is 22.6. The topological polar surface area (TPSA) is 84.6 Å². The lowest BCUT2D eigenvalue weighted by Crippen LogP contribution is -2.54. The number of anilines is 1. The fourth-order valence-electron chi connectivity index (χ4n) is 3.81. The third kappa shape index (κ3) is 4.91. The van der Waals surface area contributed by atoms with Gasteiger partial charge < -0.3 is 15.0 Å². The van der Waals surface area contributed by atoms with Crippen molar-refractivity contribution in [3.63, 3.8) is 0 Å². The van der Waals surface area contributed by atoms with E-state index in [-0.39, 0.29) is 16.9 Å². The van der Waals surface area contributed by atoms with E-state index in [9.17, 15) is 4.79 Å². The number of hydrogen-bond donors (Lipinski definition) is 1. The maximum absolute atomic E-state index is 12.2. The molecule has 0 aliphatic carbocycles. The van der Waals surface area contributed by atoms with Gasteiger partial charge in [-0.3, -0.25) is 0 Å². The number of nitrogens with one attached hydrogen (secondary N) is 1. The van der Waals surface area contributed by atoms with E-state index in [4.69, 9.17) is 27.9 Å². The van der Waals surface area contributed by atoms with Gasteiger partial charge in [-0.2, -0.15) is 5.10 Å². The molecule has 4 rings (SSSR count). The van der Waals surface area contributed by atoms with Gasteiger partial charge in [0.2, 0.25) is 5.28 Å². The molecule has 10 heteroatoms. The third-order valence-corrected chi connectivity index (χ3v) is 5.96. The molecule has 3 aromatic rings. The van der Waals surface area contributed by atoms with E-state index in [1.54, 1.807) is 6.20 Å². The number of hydrogen-bond acceptors (Lipinski definition) is 6. The van der Waals surface area contributed by atoms with Gasteiger partial charge >= 0.3 is 6.09 Å². The van der Waals surface area contributed by atoms with Crippen LogP contribution in [0.2, 0.25) is 10.3 Å². The average molecular weight is 477 g/mol. The fraction of sp³-hybridized carbons (Fsp3) is 0.455. The normalized spacial score (nSPS) is 16.2. The number of ether oxygens (including phenoxy) is 1. The SMILES string of the molecule is CC1(NC(=O)OC(C)(C)C)CCN(c2ccc3c(-c4nc(Cl)ncc4Cl)cnn3c2)CC1. The minimum Gasteiger partial charge on any atom is -0.444 e. The van der Waals surface area contributed by atoms with Gasteiger partial charge in [0, 0.05) is 24.2 Å². The van der Waals surface area contributed by atoms with Crippen LogP contribution in [0.4, 0.5) is 10.5 Å². The molecule has 0 aromatic carbocycles. The molecule has 1 amide bonds. The van der Waals surface area contributed by atoms with Crippen LogP contribution in [0.5, 0.6) is 0 Å². The van der Waals surface area contributed by atoms with Crippen molar-refractivity contribution >= 4 is 40.5 Å². The van der Waals surface area contributed by atoms with Crippen LogP contribution in [0.1, 0.15) is 40.5 Å². The summed E-state index contributed by atoms with van der Waals surface area (Å²) >= 11 is 12.2. The van der Waals surface area contributed by atoms with E-state index < -0.39 is 5.60 Å². The lowest BCUT2D eigenvalue weighted by atomic mass is 9.89. The van der Waals surface area contributed by atoms with Crippen LogP contribution >= 0.6 is 23.2 Å². The molecule has 0 spiro atoms. The molecule has 0 unspecified atom stereocenters. The van der Waals surface area contributed by atoms with Crippen LogP contribution in [0.25, 0.3) is 16.8 Å². The first-order valence-electron chi connectivity index (χ1n) is 10.4. The summed E-state index contributed by atoms with van der Waals surface area (Å²) in [7, 11) is 0. The van der Waals surface area contributed by atoms with E-state index in [0.29, 0.717) is 10.7 Å². The zero-order valence-electron chi connectivity index (χ0n) is 18.5. The highest BCUT2D eigenvalue weighted by molar-refractivity contribution is 6.34.